The van der Waals surface area contributed by atoms with Crippen molar-refractivity contribution >= 4 is 45.7 Å². The van der Waals surface area contributed by atoms with Crippen molar-refractivity contribution in [1.82, 2.24) is 10.6 Å². The maximum absolute atomic E-state index is 10.8. The van der Waals surface area contributed by atoms with Crippen molar-refractivity contribution in [3.8, 4) is 0 Å². The number of carbonyl (C=O) groups is 2. The Kier molecular flexibility index (Phi) is 3.83. The number of carbonyl (C=O) groups excluding carboxylic acids is 2. The lowest BCUT2D eigenvalue weighted by Gasteiger charge is -1.96. The van der Waals surface area contributed by atoms with Gasteiger partial charge >= 0.3 is 0 Å². The third-order valence-electron chi connectivity index (χ3n) is 1.78. The van der Waals surface area contributed by atoms with E-state index in [0.29, 0.717) is 34.9 Å². The van der Waals surface area contributed by atoms with Crippen LogP contribution in [0.1, 0.15) is 0 Å². The van der Waals surface area contributed by atoms with Gasteiger partial charge in [-0.15, -0.1) is 0 Å². The Morgan fingerprint density at radius 2 is 1.38 bits per heavy atom. The Hall–Kier alpha value is -1.02. The number of hydrogen-bond donors (Lipinski definition) is 2. The van der Waals surface area contributed by atoms with Crippen LogP contribution in [0.4, 0.5) is 0 Å². The third kappa shape index (κ3) is 3.24. The van der Waals surface area contributed by atoms with E-state index in [1.807, 2.05) is 0 Å². The van der Waals surface area contributed by atoms with E-state index in [4.69, 9.17) is 0 Å². The summed E-state index contributed by atoms with van der Waals surface area (Å²) in [6.07, 6.45) is 0. The van der Waals surface area contributed by atoms with E-state index < -0.39 is 0 Å². The highest BCUT2D eigenvalue weighted by Crippen LogP contribution is 2.09. The SMILES string of the molecule is O=C1CSC(=NCCN=C2NC(=O)CS2)N1. The highest BCUT2D eigenvalue weighted by atomic mass is 32.2. The van der Waals surface area contributed by atoms with Gasteiger partial charge in [0.15, 0.2) is 10.3 Å². The largest absolute Gasteiger partial charge is 0.305 e. The van der Waals surface area contributed by atoms with Crippen molar-refractivity contribution in [2.45, 2.75) is 0 Å². The summed E-state index contributed by atoms with van der Waals surface area (Å²) in [5.41, 5.74) is 0. The topological polar surface area (TPSA) is 82.9 Å². The molecule has 0 aromatic rings. The number of nitrogens with zero attached hydrogens (tertiary/aromatic N) is 2. The molecule has 2 N–H and O–H groups in total. The highest BCUT2D eigenvalue weighted by molar-refractivity contribution is 8.15. The van der Waals surface area contributed by atoms with Crippen LogP contribution in [0, 0.1) is 0 Å². The van der Waals surface area contributed by atoms with E-state index in [9.17, 15) is 9.59 Å². The maximum atomic E-state index is 10.8. The Bertz CT molecular complexity index is 344. The van der Waals surface area contributed by atoms with E-state index in [0.717, 1.165) is 0 Å². The summed E-state index contributed by atoms with van der Waals surface area (Å²) in [4.78, 5) is 30.0. The van der Waals surface area contributed by atoms with Gasteiger partial charge in [0.1, 0.15) is 0 Å². The van der Waals surface area contributed by atoms with Crippen molar-refractivity contribution in [2.75, 3.05) is 24.6 Å². The fourth-order valence-electron chi connectivity index (χ4n) is 1.12. The van der Waals surface area contributed by atoms with E-state index >= 15 is 0 Å². The van der Waals surface area contributed by atoms with E-state index in [2.05, 4.69) is 20.6 Å². The second-order valence-corrected chi connectivity index (χ2v) is 4.98. The first-order valence-corrected chi connectivity index (χ1v) is 6.65. The minimum Gasteiger partial charge on any atom is -0.305 e. The first-order chi connectivity index (χ1) is 7.74. The zero-order valence-corrected chi connectivity index (χ0v) is 9.99. The van der Waals surface area contributed by atoms with Gasteiger partial charge in [0.2, 0.25) is 11.8 Å². The lowest BCUT2D eigenvalue weighted by atomic mass is 10.6. The van der Waals surface area contributed by atoms with E-state index in [1.165, 1.54) is 23.5 Å². The average molecular weight is 258 g/mol. The van der Waals surface area contributed by atoms with Crippen LogP contribution in [0.2, 0.25) is 0 Å². The van der Waals surface area contributed by atoms with Crippen LogP contribution in [0.25, 0.3) is 0 Å². The molecule has 0 radical (unpaired) electrons. The van der Waals surface area contributed by atoms with Gasteiger partial charge in [-0.1, -0.05) is 23.5 Å². The van der Waals surface area contributed by atoms with Gasteiger partial charge < -0.3 is 10.6 Å². The number of rotatable bonds is 3. The molecule has 8 heteroatoms. The molecule has 2 saturated heterocycles. The molecule has 6 nitrogen and oxygen atoms in total. The van der Waals surface area contributed by atoms with Crippen molar-refractivity contribution in [1.29, 1.82) is 0 Å². The monoisotopic (exact) mass is 258 g/mol. The molecule has 2 amide bonds. The van der Waals surface area contributed by atoms with Crippen molar-refractivity contribution in [2.24, 2.45) is 9.98 Å². The van der Waals surface area contributed by atoms with Crippen LogP contribution in [0.3, 0.4) is 0 Å². The first-order valence-electron chi connectivity index (χ1n) is 4.68. The van der Waals surface area contributed by atoms with Crippen molar-refractivity contribution in [3.63, 3.8) is 0 Å². The van der Waals surface area contributed by atoms with Gasteiger partial charge in [-0.3, -0.25) is 19.6 Å². The van der Waals surface area contributed by atoms with Crippen LogP contribution in [-0.4, -0.2) is 46.7 Å². The van der Waals surface area contributed by atoms with Crippen molar-refractivity contribution in [3.05, 3.63) is 0 Å². The summed E-state index contributed by atoms with van der Waals surface area (Å²) in [5, 5.41) is 6.60. The molecule has 16 heavy (non-hydrogen) atoms. The molecule has 2 aliphatic heterocycles. The molecule has 2 aliphatic rings. The third-order valence-corrected chi connectivity index (χ3v) is 3.61. The van der Waals surface area contributed by atoms with Gasteiger partial charge in [0, 0.05) is 0 Å². The molecule has 0 aliphatic carbocycles. The molecule has 0 aromatic heterocycles. The zero-order valence-electron chi connectivity index (χ0n) is 8.36. The van der Waals surface area contributed by atoms with Crippen LogP contribution >= 0.6 is 23.5 Å². The fourth-order valence-corrected chi connectivity index (χ4v) is 2.54. The number of aliphatic imine (C=N–C) groups is 2. The molecule has 86 valence electrons. The van der Waals surface area contributed by atoms with Gasteiger partial charge in [-0.2, -0.15) is 0 Å². The molecular weight excluding hydrogens is 248 g/mol. The smallest absolute Gasteiger partial charge is 0.236 e. The number of hydrogen-bond acceptors (Lipinski definition) is 6. The summed E-state index contributed by atoms with van der Waals surface area (Å²) in [5.74, 6) is 0.876. The number of nitrogens with one attached hydrogen (secondary N) is 2. The maximum Gasteiger partial charge on any atom is 0.236 e. The summed E-state index contributed by atoms with van der Waals surface area (Å²) >= 11 is 2.80. The fraction of sp³-hybridized carbons (Fsp3) is 0.500. The van der Waals surface area contributed by atoms with Crippen LogP contribution in [0.15, 0.2) is 9.98 Å². The first kappa shape index (κ1) is 11.5. The molecule has 0 atom stereocenters. The Morgan fingerprint density at radius 3 is 1.69 bits per heavy atom. The number of amides is 2. The van der Waals surface area contributed by atoms with Crippen LogP contribution < -0.4 is 10.6 Å². The zero-order chi connectivity index (χ0) is 11.4. The quantitative estimate of drug-likeness (QED) is 0.664. The number of amidine groups is 2. The molecule has 0 spiro atoms. The summed E-state index contributed by atoms with van der Waals surface area (Å²) < 4.78 is 0. The van der Waals surface area contributed by atoms with Gasteiger partial charge in [0.05, 0.1) is 24.6 Å². The summed E-state index contributed by atoms with van der Waals surface area (Å²) in [6.45, 7) is 1.03. The predicted molar refractivity (Wildman–Crippen MR) is 65.8 cm³/mol. The molecule has 2 fully saturated rings. The molecule has 0 bridgehead atoms. The van der Waals surface area contributed by atoms with E-state index in [1.54, 1.807) is 0 Å². The van der Waals surface area contributed by atoms with Gasteiger partial charge in [-0.05, 0) is 0 Å². The minimum absolute atomic E-state index is 0.00586. The average Bonchev–Trinajstić information content (AvgIpc) is 2.83. The Balaban J connectivity index is 1.72. The standard InChI is InChI=1S/C8H10N4O2S2/c13-5-3-15-7(11-5)9-1-2-10-8-12-6(14)4-16-8/h1-4H2,(H,9,11,13)(H,10,12,14). The lowest BCUT2D eigenvalue weighted by molar-refractivity contribution is -0.117. The predicted octanol–water partition coefficient (Wildman–Crippen LogP) is -0.576. The molecule has 0 saturated carbocycles. The van der Waals surface area contributed by atoms with Crippen LogP contribution in [-0.2, 0) is 9.59 Å². The second-order valence-electron chi connectivity index (χ2n) is 3.05. The summed E-state index contributed by atoms with van der Waals surface area (Å²) in [6, 6.07) is 0. The molecule has 0 aromatic carbocycles. The minimum atomic E-state index is -0.00586. The molecule has 2 rings (SSSR count). The normalized spacial score (nSPS) is 25.2. The van der Waals surface area contributed by atoms with Gasteiger partial charge in [-0.25, -0.2) is 0 Å². The Morgan fingerprint density at radius 1 is 0.938 bits per heavy atom. The Labute approximate surface area is 101 Å². The summed E-state index contributed by atoms with van der Waals surface area (Å²) in [7, 11) is 0. The van der Waals surface area contributed by atoms with E-state index in [-0.39, 0.29) is 11.8 Å². The molecule has 2 heterocycles. The van der Waals surface area contributed by atoms with Crippen molar-refractivity contribution < 1.29 is 9.59 Å². The number of thioether (sulfide) groups is 2. The second kappa shape index (κ2) is 5.35. The molecular formula is C8H10N4O2S2. The molecule has 0 unspecified atom stereocenters. The lowest BCUT2D eigenvalue weighted by Crippen LogP contribution is -2.21. The van der Waals surface area contributed by atoms with Gasteiger partial charge in [0.25, 0.3) is 0 Å². The highest BCUT2D eigenvalue weighted by Gasteiger charge is 2.16. The van der Waals surface area contributed by atoms with Crippen LogP contribution in [0.5, 0.6) is 0 Å².